The van der Waals surface area contributed by atoms with Crippen LogP contribution in [-0.2, 0) is 15.8 Å². The molecule has 1 unspecified atom stereocenters. The molecule has 3 rings (SSSR count). The third kappa shape index (κ3) is 3.16. The van der Waals surface area contributed by atoms with Crippen LogP contribution >= 0.6 is 0 Å². The number of likely N-dealkylation sites (N-methyl/N-ethyl adjacent to an activating group) is 1. The van der Waals surface area contributed by atoms with Crippen LogP contribution in [-0.4, -0.2) is 18.4 Å². The van der Waals surface area contributed by atoms with Gasteiger partial charge in [-0.1, -0.05) is 29.8 Å². The summed E-state index contributed by atoms with van der Waals surface area (Å²) in [6.07, 6.45) is -4.54. The van der Waals surface area contributed by atoms with Gasteiger partial charge in [-0.05, 0) is 37.6 Å². The van der Waals surface area contributed by atoms with Crippen molar-refractivity contribution in [3.05, 3.63) is 59.2 Å². The van der Waals surface area contributed by atoms with Gasteiger partial charge in [0.15, 0.2) is 0 Å². The van der Waals surface area contributed by atoms with E-state index in [1.165, 1.54) is 11.0 Å². The first kappa shape index (κ1) is 18.0. The van der Waals surface area contributed by atoms with Gasteiger partial charge < -0.3 is 10.2 Å². The Kier molecular flexibility index (Phi) is 4.48. The highest BCUT2D eigenvalue weighted by molar-refractivity contribution is 6.20. The van der Waals surface area contributed by atoms with E-state index in [9.17, 15) is 22.8 Å². The number of amides is 2. The molecule has 0 aliphatic carbocycles. The summed E-state index contributed by atoms with van der Waals surface area (Å²) in [6.45, 7) is 3.82. The lowest BCUT2D eigenvalue weighted by Crippen LogP contribution is -2.37. The molecule has 0 saturated carbocycles. The van der Waals surface area contributed by atoms with Crippen LogP contribution in [0.1, 0.15) is 29.5 Å². The number of hydrogen-bond donors (Lipinski definition) is 1. The first-order valence-electron chi connectivity index (χ1n) is 8.12. The Morgan fingerprint density at radius 2 is 1.73 bits per heavy atom. The molecule has 0 spiro atoms. The number of rotatable bonds is 2. The summed E-state index contributed by atoms with van der Waals surface area (Å²) >= 11 is 0. The fourth-order valence-electron chi connectivity index (χ4n) is 3.02. The summed E-state index contributed by atoms with van der Waals surface area (Å²) in [5, 5.41) is 2.49. The SMILES string of the molecule is CCN1C(=O)C(c2ccc(C)cc2)C(=O)Nc2cc(C(F)(F)F)ccc21. The molecule has 0 radical (unpaired) electrons. The Morgan fingerprint density at radius 3 is 2.31 bits per heavy atom. The molecule has 136 valence electrons. The molecule has 0 aromatic heterocycles. The smallest absolute Gasteiger partial charge is 0.323 e. The Morgan fingerprint density at radius 1 is 1.08 bits per heavy atom. The number of carbonyl (C=O) groups is 2. The number of carbonyl (C=O) groups excluding carboxylic acids is 2. The lowest BCUT2D eigenvalue weighted by molar-refractivity contribution is -0.137. The van der Waals surface area contributed by atoms with E-state index in [1.54, 1.807) is 31.2 Å². The summed E-state index contributed by atoms with van der Waals surface area (Å²) < 4.78 is 39.0. The van der Waals surface area contributed by atoms with E-state index >= 15 is 0 Å². The number of benzene rings is 2. The van der Waals surface area contributed by atoms with Gasteiger partial charge in [0.05, 0.1) is 16.9 Å². The summed E-state index contributed by atoms with van der Waals surface area (Å²) in [5.41, 5.74) is 0.831. The molecule has 7 heteroatoms. The predicted octanol–water partition coefficient (Wildman–Crippen LogP) is 4.10. The number of hydrogen-bond acceptors (Lipinski definition) is 2. The van der Waals surface area contributed by atoms with E-state index in [0.717, 1.165) is 17.7 Å². The van der Waals surface area contributed by atoms with Gasteiger partial charge in [0.25, 0.3) is 0 Å². The molecule has 1 N–H and O–H groups in total. The maximum Gasteiger partial charge on any atom is 0.416 e. The maximum absolute atomic E-state index is 13.0. The van der Waals surface area contributed by atoms with Crippen LogP contribution in [0.25, 0.3) is 0 Å². The highest BCUT2D eigenvalue weighted by atomic mass is 19.4. The maximum atomic E-state index is 13.0. The Labute approximate surface area is 148 Å². The third-order valence-corrected chi connectivity index (χ3v) is 4.37. The number of alkyl halides is 3. The van der Waals surface area contributed by atoms with Crippen LogP contribution in [0.4, 0.5) is 24.5 Å². The molecule has 1 aliphatic heterocycles. The summed E-state index contributed by atoms with van der Waals surface area (Å²) in [5.74, 6) is -2.22. The molecule has 0 fully saturated rings. The zero-order valence-electron chi connectivity index (χ0n) is 14.2. The number of nitrogens with zero attached hydrogens (tertiary/aromatic N) is 1. The standard InChI is InChI=1S/C19H17F3N2O2/c1-3-24-15-9-8-13(19(20,21)22)10-14(15)23-17(25)16(18(24)26)12-6-4-11(2)5-7-12/h4-10,16H,3H2,1-2H3,(H,23,25). The van der Waals surface area contributed by atoms with Crippen molar-refractivity contribution in [1.29, 1.82) is 0 Å². The molecule has 2 aromatic rings. The Hall–Kier alpha value is -2.83. The van der Waals surface area contributed by atoms with E-state index in [0.29, 0.717) is 5.56 Å². The van der Waals surface area contributed by atoms with E-state index in [4.69, 9.17) is 0 Å². The van der Waals surface area contributed by atoms with Crippen molar-refractivity contribution in [2.24, 2.45) is 0 Å². The van der Waals surface area contributed by atoms with Crippen molar-refractivity contribution in [3.8, 4) is 0 Å². The molecule has 2 amide bonds. The Balaban J connectivity index is 2.09. The van der Waals surface area contributed by atoms with Crippen LogP contribution in [0.5, 0.6) is 0 Å². The van der Waals surface area contributed by atoms with Gasteiger partial charge in [-0.25, -0.2) is 0 Å². The van der Waals surface area contributed by atoms with Crippen LogP contribution < -0.4 is 10.2 Å². The predicted molar refractivity (Wildman–Crippen MR) is 92.0 cm³/mol. The number of aryl methyl sites for hydroxylation is 1. The number of anilines is 2. The van der Waals surface area contributed by atoms with Crippen molar-refractivity contribution >= 4 is 23.2 Å². The molecule has 2 aromatic carbocycles. The topological polar surface area (TPSA) is 49.4 Å². The quantitative estimate of drug-likeness (QED) is 0.818. The normalized spacial score (nSPS) is 17.6. The molecule has 26 heavy (non-hydrogen) atoms. The van der Waals surface area contributed by atoms with Gasteiger partial charge in [-0.2, -0.15) is 13.2 Å². The Bertz CT molecular complexity index is 860. The monoisotopic (exact) mass is 362 g/mol. The fourth-order valence-corrected chi connectivity index (χ4v) is 3.02. The summed E-state index contributed by atoms with van der Waals surface area (Å²) in [6, 6.07) is 9.92. The lowest BCUT2D eigenvalue weighted by Gasteiger charge is -2.23. The van der Waals surface area contributed by atoms with E-state index < -0.39 is 29.5 Å². The van der Waals surface area contributed by atoms with E-state index in [2.05, 4.69) is 5.32 Å². The minimum atomic E-state index is -4.54. The average Bonchev–Trinajstić information content (AvgIpc) is 2.67. The van der Waals surface area contributed by atoms with Crippen molar-refractivity contribution < 1.29 is 22.8 Å². The van der Waals surface area contributed by atoms with Crippen LogP contribution in [0, 0.1) is 6.92 Å². The van der Waals surface area contributed by atoms with E-state index in [-0.39, 0.29) is 17.9 Å². The van der Waals surface area contributed by atoms with E-state index in [1.807, 2.05) is 6.92 Å². The van der Waals surface area contributed by atoms with Gasteiger partial charge in [-0.15, -0.1) is 0 Å². The molecule has 0 bridgehead atoms. The number of nitrogens with one attached hydrogen (secondary N) is 1. The minimum Gasteiger partial charge on any atom is -0.323 e. The average molecular weight is 362 g/mol. The van der Waals surface area contributed by atoms with Gasteiger partial charge in [0, 0.05) is 6.54 Å². The second-order valence-corrected chi connectivity index (χ2v) is 6.15. The largest absolute Gasteiger partial charge is 0.416 e. The molecule has 0 saturated heterocycles. The number of halogens is 3. The third-order valence-electron chi connectivity index (χ3n) is 4.37. The van der Waals surface area contributed by atoms with Crippen molar-refractivity contribution in [3.63, 3.8) is 0 Å². The van der Waals surface area contributed by atoms with Gasteiger partial charge in [0.1, 0.15) is 5.92 Å². The van der Waals surface area contributed by atoms with Crippen molar-refractivity contribution in [2.45, 2.75) is 25.9 Å². The molecule has 1 atom stereocenters. The zero-order valence-corrected chi connectivity index (χ0v) is 14.2. The lowest BCUT2D eigenvalue weighted by atomic mass is 9.96. The fraction of sp³-hybridized carbons (Fsp3) is 0.263. The summed E-state index contributed by atoms with van der Waals surface area (Å²) in [4.78, 5) is 26.9. The van der Waals surface area contributed by atoms with Crippen molar-refractivity contribution in [1.82, 2.24) is 0 Å². The second-order valence-electron chi connectivity index (χ2n) is 6.15. The van der Waals surface area contributed by atoms with Gasteiger partial charge >= 0.3 is 6.18 Å². The highest BCUT2D eigenvalue weighted by Gasteiger charge is 2.38. The zero-order chi connectivity index (χ0) is 19.1. The van der Waals surface area contributed by atoms with Crippen LogP contribution in [0.2, 0.25) is 0 Å². The van der Waals surface area contributed by atoms with Crippen LogP contribution in [0.3, 0.4) is 0 Å². The first-order chi connectivity index (χ1) is 12.2. The molecule has 4 nitrogen and oxygen atoms in total. The van der Waals surface area contributed by atoms with Gasteiger partial charge in [-0.3, -0.25) is 9.59 Å². The van der Waals surface area contributed by atoms with Gasteiger partial charge in [0.2, 0.25) is 11.8 Å². The highest BCUT2D eigenvalue weighted by Crippen LogP contribution is 2.38. The molecule has 1 aliphatic rings. The molecule has 1 heterocycles. The van der Waals surface area contributed by atoms with Crippen molar-refractivity contribution in [2.75, 3.05) is 16.8 Å². The second kappa shape index (κ2) is 6.48. The molecular formula is C19H17F3N2O2. The molecular weight excluding hydrogens is 345 g/mol. The number of fused-ring (bicyclic) bond motifs is 1. The first-order valence-corrected chi connectivity index (χ1v) is 8.12. The van der Waals surface area contributed by atoms with Crippen LogP contribution in [0.15, 0.2) is 42.5 Å². The summed E-state index contributed by atoms with van der Waals surface area (Å²) in [7, 11) is 0. The minimum absolute atomic E-state index is 0.0189.